The van der Waals surface area contributed by atoms with Gasteiger partial charge in [0.1, 0.15) is 17.0 Å². The molecule has 0 atom stereocenters. The largest absolute Gasteiger partial charge is 0.495 e. The van der Waals surface area contributed by atoms with E-state index in [-0.39, 0.29) is 0 Å². The van der Waals surface area contributed by atoms with E-state index in [0.717, 1.165) is 22.4 Å². The number of fused-ring (bicyclic) bond motifs is 2. The van der Waals surface area contributed by atoms with Gasteiger partial charge in [0.25, 0.3) is 0 Å². The zero-order chi connectivity index (χ0) is 19.8. The summed E-state index contributed by atoms with van der Waals surface area (Å²) in [6.45, 7) is 2.27. The molecule has 0 fully saturated rings. The van der Waals surface area contributed by atoms with E-state index in [2.05, 4.69) is 35.7 Å². The molecule has 5 rings (SSSR count). The van der Waals surface area contributed by atoms with E-state index in [9.17, 15) is 0 Å². The molecule has 0 radical (unpaired) electrons. The van der Waals surface area contributed by atoms with E-state index in [0.29, 0.717) is 35.2 Å². The normalized spacial score (nSPS) is 11.2. The molecule has 0 unspecified atom stereocenters. The molecule has 1 N–H and O–H groups in total. The fourth-order valence-electron chi connectivity index (χ4n) is 3.00. The van der Waals surface area contributed by atoms with Crippen LogP contribution < -0.4 is 10.1 Å². The van der Waals surface area contributed by atoms with Crippen LogP contribution in [-0.2, 0) is 6.54 Å². The Balaban J connectivity index is 1.46. The predicted molar refractivity (Wildman–Crippen MR) is 104 cm³/mol. The summed E-state index contributed by atoms with van der Waals surface area (Å²) in [5, 5.41) is 20.3. The second kappa shape index (κ2) is 6.82. The van der Waals surface area contributed by atoms with Gasteiger partial charge in [-0.1, -0.05) is 5.16 Å². The number of rotatable bonds is 5. The molecule has 0 saturated heterocycles. The Morgan fingerprint density at radius 2 is 2.07 bits per heavy atom. The van der Waals surface area contributed by atoms with Crippen LogP contribution in [0.3, 0.4) is 0 Å². The third-order valence-corrected chi connectivity index (χ3v) is 4.43. The zero-order valence-electron chi connectivity index (χ0n) is 15.7. The second-order valence-corrected chi connectivity index (χ2v) is 6.39. The summed E-state index contributed by atoms with van der Waals surface area (Å²) in [5.74, 6) is 1.90. The van der Waals surface area contributed by atoms with Gasteiger partial charge >= 0.3 is 0 Å². The molecule has 29 heavy (non-hydrogen) atoms. The summed E-state index contributed by atoms with van der Waals surface area (Å²) in [6.07, 6.45) is 3.38. The second-order valence-electron chi connectivity index (χ2n) is 6.39. The smallest absolute Gasteiger partial charge is 0.187 e. The molecular weight excluding hydrogens is 372 g/mol. The van der Waals surface area contributed by atoms with E-state index in [1.54, 1.807) is 24.0 Å². The van der Waals surface area contributed by atoms with E-state index < -0.39 is 0 Å². The van der Waals surface area contributed by atoms with Crippen LogP contribution in [0.25, 0.3) is 28.1 Å². The van der Waals surface area contributed by atoms with Crippen LogP contribution in [0, 0.1) is 6.92 Å². The van der Waals surface area contributed by atoms with Crippen molar-refractivity contribution < 1.29 is 9.26 Å². The van der Waals surface area contributed by atoms with Crippen molar-refractivity contribution in [3.8, 4) is 17.2 Å². The SMILES string of the molecule is COc1cnc2c(NCc3nnc4ccc(-c5cc(C)no5)nn34)ccnc2c1. The lowest BCUT2D eigenvalue weighted by atomic mass is 10.2. The molecule has 10 nitrogen and oxygen atoms in total. The van der Waals surface area contributed by atoms with Crippen molar-refractivity contribution in [2.75, 3.05) is 12.4 Å². The summed E-state index contributed by atoms with van der Waals surface area (Å²) in [5.41, 5.74) is 4.40. The summed E-state index contributed by atoms with van der Waals surface area (Å²) >= 11 is 0. The van der Waals surface area contributed by atoms with Gasteiger partial charge in [-0.2, -0.15) is 9.61 Å². The van der Waals surface area contributed by atoms with Crippen LogP contribution >= 0.6 is 0 Å². The number of hydrogen-bond donors (Lipinski definition) is 1. The number of nitrogens with one attached hydrogen (secondary N) is 1. The van der Waals surface area contributed by atoms with Gasteiger partial charge < -0.3 is 14.6 Å². The van der Waals surface area contributed by atoms with E-state index >= 15 is 0 Å². The Morgan fingerprint density at radius 1 is 1.14 bits per heavy atom. The Bertz CT molecular complexity index is 1330. The van der Waals surface area contributed by atoms with Gasteiger partial charge in [0.05, 0.1) is 36.7 Å². The van der Waals surface area contributed by atoms with Crippen LogP contribution in [0.4, 0.5) is 5.69 Å². The van der Waals surface area contributed by atoms with Gasteiger partial charge in [-0.15, -0.1) is 10.2 Å². The zero-order valence-corrected chi connectivity index (χ0v) is 15.7. The van der Waals surface area contributed by atoms with Crippen molar-refractivity contribution in [3.05, 3.63) is 54.2 Å². The highest BCUT2D eigenvalue weighted by molar-refractivity contribution is 5.87. The monoisotopic (exact) mass is 388 g/mol. The van der Waals surface area contributed by atoms with Crippen LogP contribution in [0.2, 0.25) is 0 Å². The van der Waals surface area contributed by atoms with Crippen LogP contribution in [0.1, 0.15) is 11.5 Å². The molecule has 0 aromatic carbocycles. The first-order valence-electron chi connectivity index (χ1n) is 8.89. The van der Waals surface area contributed by atoms with E-state index in [4.69, 9.17) is 9.26 Å². The van der Waals surface area contributed by atoms with E-state index in [1.807, 2.05) is 37.3 Å². The average molecular weight is 388 g/mol. The number of hydrogen-bond acceptors (Lipinski definition) is 9. The maximum absolute atomic E-state index is 5.30. The lowest BCUT2D eigenvalue weighted by molar-refractivity contribution is 0.413. The Kier molecular flexibility index (Phi) is 4.01. The molecule has 0 aliphatic rings. The Hall–Kier alpha value is -4.08. The molecular formula is C19H16N8O2. The fraction of sp³-hybridized carbons (Fsp3) is 0.158. The summed E-state index contributed by atoms with van der Waals surface area (Å²) in [7, 11) is 1.60. The molecule has 0 aliphatic carbocycles. The van der Waals surface area contributed by atoms with Crippen molar-refractivity contribution in [3.63, 3.8) is 0 Å². The highest BCUT2D eigenvalue weighted by Gasteiger charge is 2.12. The number of ether oxygens (including phenoxy) is 1. The number of anilines is 1. The van der Waals surface area contributed by atoms with Crippen LogP contribution in [-0.4, -0.2) is 42.0 Å². The summed E-state index contributed by atoms with van der Waals surface area (Å²) in [6, 6.07) is 9.20. The summed E-state index contributed by atoms with van der Waals surface area (Å²) in [4.78, 5) is 8.79. The van der Waals surface area contributed by atoms with Crippen molar-refractivity contribution >= 4 is 22.4 Å². The number of nitrogens with zero attached hydrogens (tertiary/aromatic N) is 7. The van der Waals surface area contributed by atoms with Crippen LogP contribution in [0.15, 0.2) is 47.2 Å². The predicted octanol–water partition coefficient (Wildman–Crippen LogP) is 2.65. The quantitative estimate of drug-likeness (QED) is 0.485. The van der Waals surface area contributed by atoms with E-state index in [1.165, 1.54) is 0 Å². The van der Waals surface area contributed by atoms with Crippen molar-refractivity contribution in [1.82, 2.24) is 34.9 Å². The molecule has 5 aromatic rings. The molecule has 0 amide bonds. The minimum Gasteiger partial charge on any atom is -0.495 e. The average Bonchev–Trinajstić information content (AvgIpc) is 3.37. The molecule has 10 heteroatoms. The van der Waals surface area contributed by atoms with Gasteiger partial charge in [-0.05, 0) is 25.1 Å². The third kappa shape index (κ3) is 3.10. The number of methoxy groups -OCH3 is 1. The minimum absolute atomic E-state index is 0.403. The lowest BCUT2D eigenvalue weighted by Gasteiger charge is -2.08. The first-order chi connectivity index (χ1) is 14.2. The van der Waals surface area contributed by atoms with Gasteiger partial charge in [0.15, 0.2) is 17.2 Å². The topological polar surface area (TPSA) is 116 Å². The van der Waals surface area contributed by atoms with Crippen molar-refractivity contribution in [2.24, 2.45) is 0 Å². The van der Waals surface area contributed by atoms with Gasteiger partial charge in [0, 0.05) is 18.3 Å². The number of aromatic nitrogens is 7. The van der Waals surface area contributed by atoms with Crippen molar-refractivity contribution in [2.45, 2.75) is 13.5 Å². The number of aryl methyl sites for hydroxylation is 1. The first kappa shape index (κ1) is 17.0. The van der Waals surface area contributed by atoms with Crippen LogP contribution in [0.5, 0.6) is 5.75 Å². The molecule has 144 valence electrons. The molecule has 0 spiro atoms. The highest BCUT2D eigenvalue weighted by Crippen LogP contribution is 2.23. The maximum atomic E-state index is 5.30. The Morgan fingerprint density at radius 3 is 2.90 bits per heavy atom. The molecule has 0 bridgehead atoms. The minimum atomic E-state index is 0.403. The Labute approximate surface area is 164 Å². The molecule has 5 heterocycles. The first-order valence-corrected chi connectivity index (χ1v) is 8.89. The van der Waals surface area contributed by atoms with Gasteiger partial charge in [-0.25, -0.2) is 4.98 Å². The molecule has 0 aliphatic heterocycles. The highest BCUT2D eigenvalue weighted by atomic mass is 16.5. The maximum Gasteiger partial charge on any atom is 0.187 e. The molecule has 5 aromatic heterocycles. The van der Waals surface area contributed by atoms with Gasteiger partial charge in [-0.3, -0.25) is 4.98 Å². The summed E-state index contributed by atoms with van der Waals surface area (Å²) < 4.78 is 12.2. The van der Waals surface area contributed by atoms with Gasteiger partial charge in [0.2, 0.25) is 0 Å². The number of pyridine rings is 2. The lowest BCUT2D eigenvalue weighted by Crippen LogP contribution is -2.07. The van der Waals surface area contributed by atoms with Crippen molar-refractivity contribution in [1.29, 1.82) is 0 Å². The third-order valence-electron chi connectivity index (χ3n) is 4.43. The fourth-order valence-corrected chi connectivity index (χ4v) is 3.00. The molecule has 0 saturated carbocycles. The standard InChI is InChI=1S/C19H16N8O2/c1-11-7-16(29-26-11)13-3-4-17-23-24-18(27(17)25-13)10-21-14-5-6-20-15-8-12(28-2)9-22-19(14)15/h3-9H,10H2,1-2H3,(H,20,21).